The number of aromatic nitrogens is 1. The highest BCUT2D eigenvalue weighted by atomic mass is 16.5. The predicted molar refractivity (Wildman–Crippen MR) is 58.3 cm³/mol. The molecule has 0 amide bonds. The van der Waals surface area contributed by atoms with E-state index in [9.17, 15) is 4.79 Å². The predicted octanol–water partition coefficient (Wildman–Crippen LogP) is 0.465. The summed E-state index contributed by atoms with van der Waals surface area (Å²) in [4.78, 5) is 14.9. The number of carboxylic acid groups (broad SMARTS) is 1. The number of carboxylic acids is 1. The summed E-state index contributed by atoms with van der Waals surface area (Å²) in [5, 5.41) is 20.9. The fourth-order valence-electron chi connectivity index (χ4n) is 1.75. The van der Waals surface area contributed by atoms with Crippen molar-refractivity contribution in [2.75, 3.05) is 18.5 Å². The molecule has 0 spiro atoms. The summed E-state index contributed by atoms with van der Waals surface area (Å²) in [5.41, 5.74) is 0.979. The van der Waals surface area contributed by atoms with E-state index in [1.807, 2.05) is 6.07 Å². The lowest BCUT2D eigenvalue weighted by atomic mass is 10.0. The third-order valence-electron chi connectivity index (χ3n) is 2.68. The van der Waals surface area contributed by atoms with Crippen LogP contribution in [0.1, 0.15) is 5.56 Å². The summed E-state index contributed by atoms with van der Waals surface area (Å²) in [6.07, 6.45) is 3.03. The Bertz CT molecular complexity index is 469. The van der Waals surface area contributed by atoms with Crippen molar-refractivity contribution in [2.45, 2.75) is 6.04 Å². The van der Waals surface area contributed by atoms with E-state index in [4.69, 9.17) is 15.1 Å². The van der Waals surface area contributed by atoms with E-state index < -0.39 is 11.9 Å². The number of hydrogen-bond acceptors (Lipinski definition) is 5. The molecule has 2 heterocycles. The SMILES string of the molecule is N#Cc1ccncc1NC1COCC1C(=O)O. The van der Waals surface area contributed by atoms with Gasteiger partial charge >= 0.3 is 5.97 Å². The van der Waals surface area contributed by atoms with E-state index in [-0.39, 0.29) is 12.6 Å². The smallest absolute Gasteiger partial charge is 0.311 e. The van der Waals surface area contributed by atoms with Gasteiger partial charge in [-0.1, -0.05) is 0 Å². The number of hydrogen-bond donors (Lipinski definition) is 2. The summed E-state index contributed by atoms with van der Waals surface area (Å²) < 4.78 is 5.13. The van der Waals surface area contributed by atoms with Crippen LogP contribution < -0.4 is 5.32 Å². The molecule has 0 aromatic carbocycles. The number of nitrogens with zero attached hydrogens (tertiary/aromatic N) is 2. The second kappa shape index (κ2) is 4.80. The molecule has 0 saturated carbocycles. The van der Waals surface area contributed by atoms with Gasteiger partial charge in [-0.2, -0.15) is 5.26 Å². The minimum Gasteiger partial charge on any atom is -0.481 e. The fourth-order valence-corrected chi connectivity index (χ4v) is 1.75. The van der Waals surface area contributed by atoms with E-state index >= 15 is 0 Å². The number of ether oxygens (including phenoxy) is 1. The highest BCUT2D eigenvalue weighted by molar-refractivity contribution is 5.72. The lowest BCUT2D eigenvalue weighted by Crippen LogP contribution is -2.33. The molecule has 2 N–H and O–H groups in total. The molecule has 1 fully saturated rings. The molecule has 0 radical (unpaired) electrons. The maximum Gasteiger partial charge on any atom is 0.311 e. The number of aliphatic carboxylic acids is 1. The largest absolute Gasteiger partial charge is 0.481 e. The van der Waals surface area contributed by atoms with Crippen molar-refractivity contribution in [1.82, 2.24) is 4.98 Å². The number of carbonyl (C=O) groups is 1. The molecule has 2 rings (SSSR count). The van der Waals surface area contributed by atoms with Crippen LogP contribution in [0, 0.1) is 17.2 Å². The number of nitrogens with one attached hydrogen (secondary N) is 1. The topological polar surface area (TPSA) is 95.2 Å². The molecule has 1 aliphatic heterocycles. The Morgan fingerprint density at radius 3 is 3.18 bits per heavy atom. The van der Waals surface area contributed by atoms with Gasteiger partial charge in [-0.25, -0.2) is 0 Å². The zero-order valence-electron chi connectivity index (χ0n) is 8.96. The van der Waals surface area contributed by atoms with E-state index in [0.717, 1.165) is 0 Å². The van der Waals surface area contributed by atoms with Gasteiger partial charge in [-0.05, 0) is 6.07 Å². The molecule has 2 unspecified atom stereocenters. The van der Waals surface area contributed by atoms with Gasteiger partial charge in [0.1, 0.15) is 12.0 Å². The van der Waals surface area contributed by atoms with E-state index in [1.54, 1.807) is 6.07 Å². The fraction of sp³-hybridized carbons (Fsp3) is 0.364. The molecule has 1 aromatic rings. The minimum absolute atomic E-state index is 0.190. The number of nitriles is 1. The molecule has 0 bridgehead atoms. The monoisotopic (exact) mass is 233 g/mol. The molecule has 17 heavy (non-hydrogen) atoms. The van der Waals surface area contributed by atoms with Crippen LogP contribution in [0.5, 0.6) is 0 Å². The second-order valence-electron chi connectivity index (χ2n) is 3.77. The average molecular weight is 233 g/mol. The molecule has 6 heteroatoms. The van der Waals surface area contributed by atoms with Crippen LogP contribution in [0.2, 0.25) is 0 Å². The van der Waals surface area contributed by atoms with Crippen molar-refractivity contribution in [3.63, 3.8) is 0 Å². The summed E-state index contributed by atoms with van der Waals surface area (Å²) in [6, 6.07) is 3.27. The summed E-state index contributed by atoms with van der Waals surface area (Å²) in [7, 11) is 0. The van der Waals surface area contributed by atoms with Crippen molar-refractivity contribution in [3.8, 4) is 6.07 Å². The van der Waals surface area contributed by atoms with Crippen LogP contribution in [0.4, 0.5) is 5.69 Å². The number of rotatable bonds is 3. The number of pyridine rings is 1. The molecule has 0 aliphatic carbocycles. The maximum atomic E-state index is 11.0. The first-order valence-electron chi connectivity index (χ1n) is 5.13. The maximum absolute atomic E-state index is 11.0. The third-order valence-corrected chi connectivity index (χ3v) is 2.68. The van der Waals surface area contributed by atoms with Crippen molar-refractivity contribution < 1.29 is 14.6 Å². The van der Waals surface area contributed by atoms with Gasteiger partial charge in [0.05, 0.1) is 36.7 Å². The highest BCUT2D eigenvalue weighted by Gasteiger charge is 2.34. The van der Waals surface area contributed by atoms with Gasteiger partial charge in [0, 0.05) is 6.20 Å². The first-order chi connectivity index (χ1) is 8.22. The van der Waals surface area contributed by atoms with E-state index in [0.29, 0.717) is 17.9 Å². The van der Waals surface area contributed by atoms with Crippen molar-refractivity contribution in [1.29, 1.82) is 5.26 Å². The molecular formula is C11H11N3O3. The van der Waals surface area contributed by atoms with Gasteiger partial charge in [-0.3, -0.25) is 9.78 Å². The van der Waals surface area contributed by atoms with Gasteiger partial charge in [0.2, 0.25) is 0 Å². The van der Waals surface area contributed by atoms with Crippen molar-refractivity contribution in [2.24, 2.45) is 5.92 Å². The summed E-state index contributed by atoms with van der Waals surface area (Å²) >= 11 is 0. The summed E-state index contributed by atoms with van der Waals surface area (Å²) in [6.45, 7) is 0.506. The molecule has 1 saturated heterocycles. The molecule has 6 nitrogen and oxygen atoms in total. The molecule has 1 aromatic heterocycles. The Morgan fingerprint density at radius 1 is 1.65 bits per heavy atom. The molecule has 1 aliphatic rings. The van der Waals surface area contributed by atoms with Gasteiger partial charge in [-0.15, -0.1) is 0 Å². The first-order valence-corrected chi connectivity index (χ1v) is 5.13. The Morgan fingerprint density at radius 2 is 2.47 bits per heavy atom. The average Bonchev–Trinajstić information content (AvgIpc) is 2.78. The number of anilines is 1. The zero-order valence-corrected chi connectivity index (χ0v) is 8.96. The Kier molecular flexibility index (Phi) is 3.21. The quantitative estimate of drug-likeness (QED) is 0.787. The third kappa shape index (κ3) is 2.34. The van der Waals surface area contributed by atoms with Crippen molar-refractivity contribution in [3.05, 3.63) is 24.0 Å². The second-order valence-corrected chi connectivity index (χ2v) is 3.77. The van der Waals surface area contributed by atoms with E-state index in [2.05, 4.69) is 10.3 Å². The Labute approximate surface area is 97.8 Å². The lowest BCUT2D eigenvalue weighted by molar-refractivity contribution is -0.141. The molecule has 88 valence electrons. The van der Waals surface area contributed by atoms with Crippen LogP contribution in [-0.2, 0) is 9.53 Å². The molecule has 2 atom stereocenters. The molecular weight excluding hydrogens is 222 g/mol. The first kappa shape index (κ1) is 11.4. The van der Waals surface area contributed by atoms with Crippen molar-refractivity contribution >= 4 is 11.7 Å². The Balaban J connectivity index is 2.15. The zero-order chi connectivity index (χ0) is 12.3. The highest BCUT2D eigenvalue weighted by Crippen LogP contribution is 2.21. The minimum atomic E-state index is -0.901. The van der Waals surface area contributed by atoms with Gasteiger partial charge in [0.25, 0.3) is 0 Å². The lowest BCUT2D eigenvalue weighted by Gasteiger charge is -2.17. The van der Waals surface area contributed by atoms with Crippen LogP contribution in [0.3, 0.4) is 0 Å². The van der Waals surface area contributed by atoms with Crippen LogP contribution >= 0.6 is 0 Å². The normalized spacial score (nSPS) is 23.0. The van der Waals surface area contributed by atoms with Crippen LogP contribution in [-0.4, -0.2) is 35.3 Å². The standard InChI is InChI=1S/C11H11N3O3/c12-3-7-1-2-13-4-9(7)14-10-6-17-5-8(10)11(15)16/h1-2,4,8,10,14H,5-6H2,(H,15,16). The van der Waals surface area contributed by atoms with Crippen LogP contribution in [0.15, 0.2) is 18.5 Å². The Hall–Kier alpha value is -2.13. The summed E-state index contributed by atoms with van der Waals surface area (Å²) in [5.74, 6) is -1.50. The van der Waals surface area contributed by atoms with Gasteiger partial charge in [0.15, 0.2) is 0 Å². The van der Waals surface area contributed by atoms with E-state index in [1.165, 1.54) is 12.4 Å². The van der Waals surface area contributed by atoms with Crippen LogP contribution in [0.25, 0.3) is 0 Å². The van der Waals surface area contributed by atoms with Gasteiger partial charge < -0.3 is 15.2 Å².